The maximum Gasteiger partial charge on any atom is 0.416 e. The quantitative estimate of drug-likeness (QED) is 0.850. The van der Waals surface area contributed by atoms with Crippen molar-refractivity contribution < 1.29 is 13.2 Å². The van der Waals surface area contributed by atoms with Crippen molar-refractivity contribution in [3.05, 3.63) is 35.4 Å². The van der Waals surface area contributed by atoms with Gasteiger partial charge in [-0.05, 0) is 37.9 Å². The van der Waals surface area contributed by atoms with Crippen molar-refractivity contribution >= 4 is 0 Å². The van der Waals surface area contributed by atoms with Crippen LogP contribution in [-0.2, 0) is 6.18 Å². The van der Waals surface area contributed by atoms with Crippen LogP contribution in [0, 0.1) is 0 Å². The highest BCUT2D eigenvalue weighted by Gasteiger charge is 2.35. The van der Waals surface area contributed by atoms with Crippen LogP contribution in [0.4, 0.5) is 13.2 Å². The van der Waals surface area contributed by atoms with E-state index < -0.39 is 11.7 Å². The highest BCUT2D eigenvalue weighted by Crippen LogP contribution is 2.37. The second-order valence-corrected chi connectivity index (χ2v) is 4.18. The van der Waals surface area contributed by atoms with Crippen LogP contribution in [0.2, 0.25) is 0 Å². The smallest absolute Gasteiger partial charge is 0.317 e. The molecular weight excluding hydrogens is 227 g/mol. The summed E-state index contributed by atoms with van der Waals surface area (Å²) in [5, 5.41) is 3.03. The third-order valence-corrected chi connectivity index (χ3v) is 3.16. The Morgan fingerprint density at radius 3 is 2.29 bits per heavy atom. The first-order valence-electron chi connectivity index (χ1n) is 5.75. The molecule has 0 bridgehead atoms. The Balaban J connectivity index is 3.20. The van der Waals surface area contributed by atoms with Gasteiger partial charge in [-0.25, -0.2) is 0 Å². The molecule has 2 unspecified atom stereocenters. The van der Waals surface area contributed by atoms with Crippen molar-refractivity contribution in [2.75, 3.05) is 7.05 Å². The standard InChI is InChI=1S/C13H18F3N/c1-4-10(9(2)17-3)11-7-5-6-8-12(11)13(14,15)16/h5-10,17H,4H2,1-3H3. The molecule has 0 radical (unpaired) electrons. The van der Waals surface area contributed by atoms with Crippen molar-refractivity contribution in [1.29, 1.82) is 0 Å². The summed E-state index contributed by atoms with van der Waals surface area (Å²) in [6, 6.07) is 5.84. The molecule has 1 N–H and O–H groups in total. The number of alkyl halides is 3. The van der Waals surface area contributed by atoms with Gasteiger partial charge in [-0.2, -0.15) is 13.2 Å². The van der Waals surface area contributed by atoms with E-state index in [4.69, 9.17) is 0 Å². The molecular formula is C13H18F3N. The first-order chi connectivity index (χ1) is 7.91. The van der Waals surface area contributed by atoms with E-state index in [2.05, 4.69) is 5.32 Å². The number of hydrogen-bond acceptors (Lipinski definition) is 1. The third-order valence-electron chi connectivity index (χ3n) is 3.16. The Labute approximate surface area is 100 Å². The van der Waals surface area contributed by atoms with Crippen molar-refractivity contribution in [3.8, 4) is 0 Å². The topological polar surface area (TPSA) is 12.0 Å². The molecule has 0 heterocycles. The van der Waals surface area contributed by atoms with E-state index in [0.29, 0.717) is 12.0 Å². The third kappa shape index (κ3) is 3.22. The van der Waals surface area contributed by atoms with Gasteiger partial charge in [0.1, 0.15) is 0 Å². The molecule has 0 fully saturated rings. The molecule has 1 rings (SSSR count). The summed E-state index contributed by atoms with van der Waals surface area (Å²) in [6.45, 7) is 3.81. The molecule has 1 aromatic rings. The zero-order valence-electron chi connectivity index (χ0n) is 10.3. The second kappa shape index (κ2) is 5.54. The molecule has 0 aliphatic heterocycles. The first kappa shape index (κ1) is 14.0. The zero-order valence-corrected chi connectivity index (χ0v) is 10.3. The Morgan fingerprint density at radius 1 is 1.24 bits per heavy atom. The zero-order chi connectivity index (χ0) is 13.1. The Bertz CT molecular complexity index is 360. The molecule has 17 heavy (non-hydrogen) atoms. The van der Waals surface area contributed by atoms with Crippen LogP contribution in [0.1, 0.15) is 37.3 Å². The summed E-state index contributed by atoms with van der Waals surface area (Å²) < 4.78 is 38.7. The van der Waals surface area contributed by atoms with Gasteiger partial charge in [-0.15, -0.1) is 0 Å². The molecule has 0 amide bonds. The molecule has 0 aliphatic rings. The lowest BCUT2D eigenvalue weighted by Crippen LogP contribution is -2.30. The normalized spacial score (nSPS) is 15.6. The maximum absolute atomic E-state index is 12.9. The fourth-order valence-corrected chi connectivity index (χ4v) is 2.12. The second-order valence-electron chi connectivity index (χ2n) is 4.18. The Hall–Kier alpha value is -1.03. The van der Waals surface area contributed by atoms with Gasteiger partial charge in [0, 0.05) is 6.04 Å². The molecule has 2 atom stereocenters. The van der Waals surface area contributed by atoms with Crippen LogP contribution in [0.15, 0.2) is 24.3 Å². The van der Waals surface area contributed by atoms with E-state index in [1.54, 1.807) is 19.2 Å². The average Bonchev–Trinajstić information content (AvgIpc) is 2.29. The summed E-state index contributed by atoms with van der Waals surface area (Å²) in [4.78, 5) is 0. The summed E-state index contributed by atoms with van der Waals surface area (Å²) >= 11 is 0. The lowest BCUT2D eigenvalue weighted by Gasteiger charge is -2.25. The van der Waals surface area contributed by atoms with Crippen molar-refractivity contribution in [1.82, 2.24) is 5.32 Å². The molecule has 96 valence electrons. The summed E-state index contributed by atoms with van der Waals surface area (Å²) in [5.41, 5.74) is -0.140. The molecule has 0 saturated carbocycles. The largest absolute Gasteiger partial charge is 0.416 e. The van der Waals surface area contributed by atoms with E-state index in [0.717, 1.165) is 6.07 Å². The van der Waals surface area contributed by atoms with Gasteiger partial charge < -0.3 is 5.32 Å². The van der Waals surface area contributed by atoms with E-state index >= 15 is 0 Å². The first-order valence-corrected chi connectivity index (χ1v) is 5.75. The molecule has 0 aliphatic carbocycles. The number of likely N-dealkylation sites (N-methyl/N-ethyl adjacent to an activating group) is 1. The maximum atomic E-state index is 12.9. The molecule has 4 heteroatoms. The fourth-order valence-electron chi connectivity index (χ4n) is 2.12. The van der Waals surface area contributed by atoms with E-state index in [-0.39, 0.29) is 12.0 Å². The molecule has 1 nitrogen and oxygen atoms in total. The van der Waals surface area contributed by atoms with Gasteiger partial charge in [-0.3, -0.25) is 0 Å². The molecule has 0 spiro atoms. The summed E-state index contributed by atoms with van der Waals surface area (Å²) in [6.07, 6.45) is -3.60. The van der Waals surface area contributed by atoms with Crippen LogP contribution in [0.25, 0.3) is 0 Å². The molecule has 1 aromatic carbocycles. The van der Waals surface area contributed by atoms with E-state index in [9.17, 15) is 13.2 Å². The van der Waals surface area contributed by atoms with Crippen molar-refractivity contribution in [2.24, 2.45) is 0 Å². The Kier molecular flexibility index (Phi) is 4.57. The van der Waals surface area contributed by atoms with Gasteiger partial charge in [0.25, 0.3) is 0 Å². The molecule has 0 aromatic heterocycles. The van der Waals surface area contributed by atoms with Crippen molar-refractivity contribution in [3.63, 3.8) is 0 Å². The minimum absolute atomic E-state index is 0.0171. The van der Waals surface area contributed by atoms with Crippen LogP contribution in [0.5, 0.6) is 0 Å². The van der Waals surface area contributed by atoms with Gasteiger partial charge in [-0.1, -0.05) is 25.1 Å². The van der Waals surface area contributed by atoms with Gasteiger partial charge in [0.2, 0.25) is 0 Å². The number of hydrogen-bond donors (Lipinski definition) is 1. The van der Waals surface area contributed by atoms with Crippen LogP contribution in [-0.4, -0.2) is 13.1 Å². The SMILES string of the molecule is CCC(c1ccccc1C(F)(F)F)C(C)NC. The van der Waals surface area contributed by atoms with E-state index in [1.165, 1.54) is 6.07 Å². The van der Waals surface area contributed by atoms with Crippen LogP contribution in [0.3, 0.4) is 0 Å². The van der Waals surface area contributed by atoms with Gasteiger partial charge in [0.05, 0.1) is 5.56 Å². The average molecular weight is 245 g/mol. The number of benzene rings is 1. The van der Waals surface area contributed by atoms with Gasteiger partial charge >= 0.3 is 6.18 Å². The van der Waals surface area contributed by atoms with E-state index in [1.807, 2.05) is 13.8 Å². The lowest BCUT2D eigenvalue weighted by atomic mass is 9.87. The summed E-state index contributed by atoms with van der Waals surface area (Å²) in [7, 11) is 1.77. The van der Waals surface area contributed by atoms with Gasteiger partial charge in [0.15, 0.2) is 0 Å². The van der Waals surface area contributed by atoms with Crippen LogP contribution < -0.4 is 5.32 Å². The minimum Gasteiger partial charge on any atom is -0.317 e. The highest BCUT2D eigenvalue weighted by atomic mass is 19.4. The monoisotopic (exact) mass is 245 g/mol. The molecule has 0 saturated heterocycles. The number of rotatable bonds is 4. The Morgan fingerprint density at radius 2 is 1.82 bits per heavy atom. The minimum atomic E-state index is -4.28. The predicted octanol–water partition coefficient (Wildman–Crippen LogP) is 3.81. The number of halogens is 3. The highest BCUT2D eigenvalue weighted by molar-refractivity contribution is 5.33. The number of nitrogens with one attached hydrogen (secondary N) is 1. The summed E-state index contributed by atoms with van der Waals surface area (Å²) in [5.74, 6) is -0.127. The predicted molar refractivity (Wildman–Crippen MR) is 63.0 cm³/mol. The van der Waals surface area contributed by atoms with Crippen molar-refractivity contribution in [2.45, 2.75) is 38.4 Å². The van der Waals surface area contributed by atoms with Crippen LogP contribution >= 0.6 is 0 Å². The fraction of sp³-hybridized carbons (Fsp3) is 0.538. The lowest BCUT2D eigenvalue weighted by molar-refractivity contribution is -0.138.